The molecule has 2 fully saturated rings. The molecule has 128 valence electrons. The van der Waals surface area contributed by atoms with Crippen LogP contribution >= 0.6 is 23.5 Å². The van der Waals surface area contributed by atoms with E-state index in [2.05, 4.69) is 31.4 Å². The van der Waals surface area contributed by atoms with Crippen molar-refractivity contribution in [2.45, 2.75) is 49.4 Å². The average molecular weight is 339 g/mol. The average Bonchev–Trinajstić information content (AvgIpc) is 2.50. The minimum atomic E-state index is 0.0816. The standard InChI is InChI=1S/C7H15NOS.C6H13NOS.C2H6/c1-7(2)5-8-3-6(4-9)10-7;1-6(5-8)4-7-2-3-9-6;1-2/h6,8-9H,3-5H2,1-2H3;7-8H,2-5H2,1H3;1-2H3. The zero-order chi connectivity index (χ0) is 16.4. The van der Waals surface area contributed by atoms with E-state index in [1.54, 1.807) is 0 Å². The van der Waals surface area contributed by atoms with Crippen molar-refractivity contribution >= 4 is 23.5 Å². The molecule has 0 aliphatic carbocycles. The first-order valence-corrected chi connectivity index (χ1v) is 9.72. The second kappa shape index (κ2) is 11.1. The number of nitrogens with one attached hydrogen (secondary N) is 2. The molecule has 2 aliphatic rings. The first-order valence-electron chi connectivity index (χ1n) is 7.86. The molecule has 2 rings (SSSR count). The van der Waals surface area contributed by atoms with Gasteiger partial charge in [-0.2, -0.15) is 11.8 Å². The summed E-state index contributed by atoms with van der Waals surface area (Å²) >= 11 is 3.73. The van der Waals surface area contributed by atoms with Crippen LogP contribution in [-0.4, -0.2) is 70.1 Å². The Labute approximate surface area is 139 Å². The van der Waals surface area contributed by atoms with Gasteiger partial charge in [0.1, 0.15) is 0 Å². The van der Waals surface area contributed by atoms with Gasteiger partial charge in [-0.3, -0.25) is 0 Å². The summed E-state index contributed by atoms with van der Waals surface area (Å²) in [6.45, 7) is 15.1. The van der Waals surface area contributed by atoms with E-state index in [4.69, 9.17) is 10.2 Å². The summed E-state index contributed by atoms with van der Waals surface area (Å²) in [4.78, 5) is 0. The van der Waals surface area contributed by atoms with Crippen molar-refractivity contribution in [1.82, 2.24) is 10.6 Å². The van der Waals surface area contributed by atoms with Gasteiger partial charge in [0.05, 0.1) is 13.2 Å². The van der Waals surface area contributed by atoms with Gasteiger partial charge in [0.2, 0.25) is 0 Å². The monoisotopic (exact) mass is 338 g/mol. The Morgan fingerprint density at radius 2 is 1.76 bits per heavy atom. The summed E-state index contributed by atoms with van der Waals surface area (Å²) < 4.78 is 0.379. The van der Waals surface area contributed by atoms with Crippen LogP contribution in [0, 0.1) is 0 Å². The highest BCUT2D eigenvalue weighted by Crippen LogP contribution is 2.30. The van der Waals surface area contributed by atoms with E-state index in [0.717, 1.165) is 31.9 Å². The summed E-state index contributed by atoms with van der Waals surface area (Å²) in [6, 6.07) is 0. The topological polar surface area (TPSA) is 64.5 Å². The number of rotatable bonds is 2. The van der Waals surface area contributed by atoms with E-state index >= 15 is 0 Å². The minimum Gasteiger partial charge on any atom is -0.395 e. The van der Waals surface area contributed by atoms with E-state index in [1.807, 2.05) is 37.4 Å². The van der Waals surface area contributed by atoms with Crippen LogP contribution in [0.25, 0.3) is 0 Å². The summed E-state index contributed by atoms with van der Waals surface area (Å²) in [5, 5.41) is 24.7. The van der Waals surface area contributed by atoms with Crippen molar-refractivity contribution in [2.75, 3.05) is 45.1 Å². The molecule has 0 bridgehead atoms. The molecule has 21 heavy (non-hydrogen) atoms. The molecule has 2 atom stereocenters. The fourth-order valence-electron chi connectivity index (χ4n) is 2.05. The molecule has 0 aromatic carbocycles. The largest absolute Gasteiger partial charge is 0.395 e. The summed E-state index contributed by atoms with van der Waals surface area (Å²) in [6.07, 6.45) is 0. The number of thioether (sulfide) groups is 2. The molecule has 2 heterocycles. The van der Waals surface area contributed by atoms with Crippen molar-refractivity contribution in [2.24, 2.45) is 0 Å². The van der Waals surface area contributed by atoms with Gasteiger partial charge in [-0.1, -0.05) is 13.8 Å². The lowest BCUT2D eigenvalue weighted by molar-refractivity contribution is 0.251. The Morgan fingerprint density at radius 1 is 1.10 bits per heavy atom. The van der Waals surface area contributed by atoms with Crippen LogP contribution in [0.15, 0.2) is 0 Å². The fraction of sp³-hybridized carbons (Fsp3) is 1.00. The minimum absolute atomic E-state index is 0.0816. The maximum Gasteiger partial charge on any atom is 0.0587 e. The van der Waals surface area contributed by atoms with Gasteiger partial charge in [0.15, 0.2) is 0 Å². The predicted molar refractivity (Wildman–Crippen MR) is 97.6 cm³/mol. The van der Waals surface area contributed by atoms with Crippen LogP contribution in [0.3, 0.4) is 0 Å². The third-order valence-electron chi connectivity index (χ3n) is 3.17. The maximum atomic E-state index is 8.89. The number of hydrogen-bond acceptors (Lipinski definition) is 6. The number of aliphatic hydroxyl groups is 2. The van der Waals surface area contributed by atoms with Crippen LogP contribution in [0.1, 0.15) is 34.6 Å². The molecule has 0 spiro atoms. The number of hydrogen-bond donors (Lipinski definition) is 4. The molecule has 0 aromatic rings. The Balaban J connectivity index is 0.000000342. The van der Waals surface area contributed by atoms with E-state index < -0.39 is 0 Å². The van der Waals surface area contributed by atoms with Gasteiger partial charge >= 0.3 is 0 Å². The first kappa shape index (κ1) is 21.5. The van der Waals surface area contributed by atoms with Crippen molar-refractivity contribution in [3.05, 3.63) is 0 Å². The Kier molecular flexibility index (Phi) is 11.4. The SMILES string of the molecule is CC.CC1(C)CNCC(CO)S1.CC1(CO)CNCCS1. The molecular weight excluding hydrogens is 304 g/mol. The van der Waals surface area contributed by atoms with Crippen LogP contribution in [-0.2, 0) is 0 Å². The quantitative estimate of drug-likeness (QED) is 0.613. The fourth-order valence-corrected chi connectivity index (χ4v) is 4.44. The van der Waals surface area contributed by atoms with E-state index in [0.29, 0.717) is 16.6 Å². The van der Waals surface area contributed by atoms with Gasteiger partial charge in [0, 0.05) is 46.7 Å². The maximum absolute atomic E-state index is 8.89. The Morgan fingerprint density at radius 3 is 2.10 bits per heavy atom. The van der Waals surface area contributed by atoms with Crippen molar-refractivity contribution < 1.29 is 10.2 Å². The third kappa shape index (κ3) is 9.31. The van der Waals surface area contributed by atoms with Gasteiger partial charge < -0.3 is 20.8 Å². The van der Waals surface area contributed by atoms with Gasteiger partial charge in [-0.05, 0) is 20.8 Å². The molecule has 2 aliphatic heterocycles. The van der Waals surface area contributed by atoms with E-state index in [-0.39, 0.29) is 11.4 Å². The molecule has 6 heteroatoms. The van der Waals surface area contributed by atoms with Crippen LogP contribution in [0.2, 0.25) is 0 Å². The Bertz CT molecular complexity index is 260. The summed E-state index contributed by atoms with van der Waals surface area (Å²) in [7, 11) is 0. The smallest absolute Gasteiger partial charge is 0.0587 e. The zero-order valence-electron chi connectivity index (χ0n) is 14.2. The summed E-state index contributed by atoms with van der Waals surface area (Å²) in [5.41, 5.74) is 0. The molecule has 4 nitrogen and oxygen atoms in total. The molecule has 0 aromatic heterocycles. The van der Waals surface area contributed by atoms with Crippen molar-refractivity contribution in [3.8, 4) is 0 Å². The van der Waals surface area contributed by atoms with Crippen LogP contribution in [0.5, 0.6) is 0 Å². The van der Waals surface area contributed by atoms with Crippen LogP contribution in [0.4, 0.5) is 0 Å². The lowest BCUT2D eigenvalue weighted by Crippen LogP contribution is -2.44. The first-order chi connectivity index (χ1) is 9.91. The van der Waals surface area contributed by atoms with E-state index in [9.17, 15) is 0 Å². The highest BCUT2D eigenvalue weighted by Gasteiger charge is 2.27. The second-order valence-electron chi connectivity index (χ2n) is 5.95. The normalized spacial score (nSPS) is 31.3. The Hall–Kier alpha value is 0.540. The molecule has 0 amide bonds. The van der Waals surface area contributed by atoms with Crippen molar-refractivity contribution in [3.63, 3.8) is 0 Å². The summed E-state index contributed by atoms with van der Waals surface area (Å²) in [5.74, 6) is 1.12. The van der Waals surface area contributed by atoms with Gasteiger partial charge in [0.25, 0.3) is 0 Å². The lowest BCUT2D eigenvalue weighted by Gasteiger charge is -2.34. The molecule has 2 unspecified atom stereocenters. The van der Waals surface area contributed by atoms with Crippen LogP contribution < -0.4 is 10.6 Å². The highest BCUT2D eigenvalue weighted by atomic mass is 32.2. The number of aliphatic hydroxyl groups excluding tert-OH is 2. The third-order valence-corrected chi connectivity index (χ3v) is 5.98. The molecular formula is C15H34N2O2S2. The second-order valence-corrected chi connectivity index (χ2v) is 9.64. The predicted octanol–water partition coefficient (Wildman–Crippen LogP) is 1.56. The van der Waals surface area contributed by atoms with Gasteiger partial charge in [-0.15, -0.1) is 11.8 Å². The zero-order valence-corrected chi connectivity index (χ0v) is 15.9. The van der Waals surface area contributed by atoms with E-state index in [1.165, 1.54) is 0 Å². The van der Waals surface area contributed by atoms with Crippen molar-refractivity contribution in [1.29, 1.82) is 0 Å². The van der Waals surface area contributed by atoms with Gasteiger partial charge in [-0.25, -0.2) is 0 Å². The highest BCUT2D eigenvalue weighted by molar-refractivity contribution is 8.01. The molecule has 0 saturated carbocycles. The lowest BCUT2D eigenvalue weighted by atomic mass is 10.2. The molecule has 0 radical (unpaired) electrons. The molecule has 2 saturated heterocycles. The molecule has 4 N–H and O–H groups in total.